The van der Waals surface area contributed by atoms with Gasteiger partial charge >= 0.3 is 0 Å². The first-order valence-corrected chi connectivity index (χ1v) is 8.68. The molecule has 2 unspecified atom stereocenters. The van der Waals surface area contributed by atoms with E-state index in [4.69, 9.17) is 4.98 Å². The third kappa shape index (κ3) is 2.95. The van der Waals surface area contributed by atoms with Crippen molar-refractivity contribution in [2.45, 2.75) is 58.0 Å². The molecule has 4 heteroatoms. The molecule has 1 aliphatic heterocycles. The minimum atomic E-state index is 0.788. The Morgan fingerprint density at radius 2 is 2.26 bits per heavy atom. The lowest BCUT2D eigenvalue weighted by Gasteiger charge is -2.31. The van der Waals surface area contributed by atoms with Crippen LogP contribution in [-0.2, 0) is 6.54 Å². The Bertz CT molecular complexity index is 404. The number of nitrogens with one attached hydrogen (secondary N) is 1. The van der Waals surface area contributed by atoms with E-state index in [0.717, 1.165) is 25.0 Å². The quantitative estimate of drug-likeness (QED) is 0.837. The number of hydrogen-bond acceptors (Lipinski definition) is 4. The number of hydrogen-bond donors (Lipinski definition) is 1. The van der Waals surface area contributed by atoms with Crippen molar-refractivity contribution >= 4 is 16.5 Å². The van der Waals surface area contributed by atoms with Crippen LogP contribution in [0.3, 0.4) is 0 Å². The van der Waals surface area contributed by atoms with Crippen molar-refractivity contribution in [3.63, 3.8) is 0 Å². The third-order valence-corrected chi connectivity index (χ3v) is 5.45. The number of thiazole rings is 1. The lowest BCUT2D eigenvalue weighted by molar-refractivity contribution is 0.342. The Hall–Kier alpha value is -0.610. The van der Waals surface area contributed by atoms with E-state index in [1.54, 1.807) is 0 Å². The maximum absolute atomic E-state index is 4.84. The molecule has 1 saturated carbocycles. The molecule has 2 heterocycles. The standard InChI is InChI=1S/C15H25N3S/c1-2-8-16-10-13-11-19-15(17-13)18-9-7-12-5-3-4-6-14(12)18/h11-12,14,16H,2-10H2,1H3. The van der Waals surface area contributed by atoms with Crippen molar-refractivity contribution < 1.29 is 0 Å². The predicted octanol–water partition coefficient (Wildman–Crippen LogP) is 3.41. The summed E-state index contributed by atoms with van der Waals surface area (Å²) in [5.41, 5.74) is 1.22. The van der Waals surface area contributed by atoms with Crippen LogP contribution in [0.2, 0.25) is 0 Å². The number of fused-ring (bicyclic) bond motifs is 1. The second-order valence-corrected chi connectivity index (χ2v) is 6.73. The zero-order valence-corrected chi connectivity index (χ0v) is 12.7. The summed E-state index contributed by atoms with van der Waals surface area (Å²) in [5, 5.41) is 6.93. The van der Waals surface area contributed by atoms with Gasteiger partial charge in [0.2, 0.25) is 0 Å². The summed E-state index contributed by atoms with van der Waals surface area (Å²) in [5.74, 6) is 0.944. The van der Waals surface area contributed by atoms with Crippen molar-refractivity contribution in [1.29, 1.82) is 0 Å². The van der Waals surface area contributed by atoms with E-state index in [9.17, 15) is 0 Å². The molecular formula is C15H25N3S. The van der Waals surface area contributed by atoms with Gasteiger partial charge in [-0.2, -0.15) is 0 Å². The second kappa shape index (κ2) is 6.23. The fourth-order valence-corrected chi connectivity index (χ4v) is 4.46. The van der Waals surface area contributed by atoms with Crippen molar-refractivity contribution in [1.82, 2.24) is 10.3 Å². The molecule has 2 aliphatic rings. The molecule has 0 radical (unpaired) electrons. The highest BCUT2D eigenvalue weighted by molar-refractivity contribution is 7.13. The van der Waals surface area contributed by atoms with E-state index in [1.165, 1.54) is 55.9 Å². The number of nitrogens with zero attached hydrogens (tertiary/aromatic N) is 2. The summed E-state index contributed by atoms with van der Waals surface area (Å²) in [7, 11) is 0. The van der Waals surface area contributed by atoms with Crippen LogP contribution in [0.4, 0.5) is 5.13 Å². The van der Waals surface area contributed by atoms with Crippen molar-refractivity contribution in [3.05, 3.63) is 11.1 Å². The zero-order chi connectivity index (χ0) is 13.1. The summed E-state index contributed by atoms with van der Waals surface area (Å²) in [4.78, 5) is 7.43. The molecule has 1 aliphatic carbocycles. The Balaban J connectivity index is 1.62. The van der Waals surface area contributed by atoms with E-state index in [1.807, 2.05) is 11.3 Å². The molecular weight excluding hydrogens is 254 g/mol. The van der Waals surface area contributed by atoms with Gasteiger partial charge in [-0.05, 0) is 38.1 Å². The molecule has 0 amide bonds. The SMILES string of the molecule is CCCNCc1csc(N2CCC3CCCCC32)n1. The summed E-state index contributed by atoms with van der Waals surface area (Å²) in [6.45, 7) is 5.44. The monoisotopic (exact) mass is 279 g/mol. The summed E-state index contributed by atoms with van der Waals surface area (Å²) in [6, 6.07) is 0.788. The fourth-order valence-electron chi connectivity index (χ4n) is 3.55. The van der Waals surface area contributed by atoms with Gasteiger partial charge in [0, 0.05) is 24.5 Å². The van der Waals surface area contributed by atoms with Crippen molar-refractivity contribution in [3.8, 4) is 0 Å². The van der Waals surface area contributed by atoms with Crippen LogP contribution < -0.4 is 10.2 Å². The molecule has 0 spiro atoms. The smallest absolute Gasteiger partial charge is 0.185 e. The van der Waals surface area contributed by atoms with Gasteiger partial charge in [0.25, 0.3) is 0 Å². The highest BCUT2D eigenvalue weighted by Gasteiger charge is 2.36. The van der Waals surface area contributed by atoms with Crippen LogP contribution in [0.15, 0.2) is 5.38 Å². The zero-order valence-electron chi connectivity index (χ0n) is 11.9. The van der Waals surface area contributed by atoms with Crippen LogP contribution in [0, 0.1) is 5.92 Å². The van der Waals surface area contributed by atoms with Crippen molar-refractivity contribution in [2.75, 3.05) is 18.0 Å². The molecule has 3 nitrogen and oxygen atoms in total. The third-order valence-electron chi connectivity index (χ3n) is 4.53. The molecule has 1 saturated heterocycles. The van der Waals surface area contributed by atoms with Gasteiger partial charge in [-0.25, -0.2) is 4.98 Å². The molecule has 19 heavy (non-hydrogen) atoms. The Kier molecular flexibility index (Phi) is 4.38. The first kappa shape index (κ1) is 13.4. The Morgan fingerprint density at radius 1 is 1.37 bits per heavy atom. The highest BCUT2D eigenvalue weighted by Crippen LogP contribution is 2.39. The van der Waals surface area contributed by atoms with E-state index in [-0.39, 0.29) is 0 Å². The summed E-state index contributed by atoms with van der Waals surface area (Å²) >= 11 is 1.84. The Labute approximate surface area is 120 Å². The maximum atomic E-state index is 4.84. The molecule has 1 N–H and O–H groups in total. The van der Waals surface area contributed by atoms with E-state index in [0.29, 0.717) is 0 Å². The van der Waals surface area contributed by atoms with Crippen LogP contribution >= 0.6 is 11.3 Å². The minimum absolute atomic E-state index is 0.788. The van der Waals surface area contributed by atoms with Gasteiger partial charge in [0.1, 0.15) is 0 Å². The van der Waals surface area contributed by atoms with Gasteiger partial charge in [-0.1, -0.05) is 19.8 Å². The number of aromatic nitrogens is 1. The van der Waals surface area contributed by atoms with E-state index < -0.39 is 0 Å². The topological polar surface area (TPSA) is 28.2 Å². The Morgan fingerprint density at radius 3 is 3.16 bits per heavy atom. The fraction of sp³-hybridized carbons (Fsp3) is 0.800. The predicted molar refractivity (Wildman–Crippen MR) is 81.8 cm³/mol. The van der Waals surface area contributed by atoms with Gasteiger partial charge < -0.3 is 10.2 Å². The maximum Gasteiger partial charge on any atom is 0.185 e. The molecule has 0 bridgehead atoms. The van der Waals surface area contributed by atoms with E-state index >= 15 is 0 Å². The van der Waals surface area contributed by atoms with E-state index in [2.05, 4.69) is 22.5 Å². The number of rotatable bonds is 5. The highest BCUT2D eigenvalue weighted by atomic mass is 32.1. The minimum Gasteiger partial charge on any atom is -0.345 e. The second-order valence-electron chi connectivity index (χ2n) is 5.89. The molecule has 3 rings (SSSR count). The van der Waals surface area contributed by atoms with Crippen LogP contribution in [0.25, 0.3) is 0 Å². The van der Waals surface area contributed by atoms with Gasteiger partial charge in [0.05, 0.1) is 5.69 Å². The molecule has 0 aromatic carbocycles. The average Bonchev–Trinajstić information content (AvgIpc) is 3.05. The largest absolute Gasteiger partial charge is 0.345 e. The number of anilines is 1. The van der Waals surface area contributed by atoms with Crippen LogP contribution in [0.5, 0.6) is 0 Å². The van der Waals surface area contributed by atoms with Crippen LogP contribution in [-0.4, -0.2) is 24.1 Å². The van der Waals surface area contributed by atoms with Gasteiger partial charge in [0.15, 0.2) is 5.13 Å². The van der Waals surface area contributed by atoms with Crippen molar-refractivity contribution in [2.24, 2.45) is 5.92 Å². The van der Waals surface area contributed by atoms with Gasteiger partial charge in [-0.15, -0.1) is 11.3 Å². The average molecular weight is 279 g/mol. The molecule has 106 valence electrons. The lowest BCUT2D eigenvalue weighted by atomic mass is 9.85. The van der Waals surface area contributed by atoms with Crippen LogP contribution in [0.1, 0.15) is 51.1 Å². The lowest BCUT2D eigenvalue weighted by Crippen LogP contribution is -2.34. The molecule has 1 aromatic rings. The molecule has 2 atom stereocenters. The van der Waals surface area contributed by atoms with Gasteiger partial charge in [-0.3, -0.25) is 0 Å². The summed E-state index contributed by atoms with van der Waals surface area (Å²) < 4.78 is 0. The molecule has 1 aromatic heterocycles. The normalized spacial score (nSPS) is 26.7. The summed E-state index contributed by atoms with van der Waals surface area (Å²) in [6.07, 6.45) is 8.25. The first-order chi connectivity index (χ1) is 9.38. The molecule has 2 fully saturated rings. The first-order valence-electron chi connectivity index (χ1n) is 7.80.